The van der Waals surface area contributed by atoms with Crippen molar-refractivity contribution in [2.45, 2.75) is 43.1 Å². The molecule has 2 aromatic heterocycles. The van der Waals surface area contributed by atoms with Crippen LogP contribution >= 0.6 is 11.8 Å². The molecule has 0 saturated heterocycles. The number of aromatic hydroxyl groups is 1. The Hall–Kier alpha value is -3.51. The van der Waals surface area contributed by atoms with Crippen LogP contribution in [-0.2, 0) is 6.61 Å². The number of ether oxygens (including phenoxy) is 1. The van der Waals surface area contributed by atoms with E-state index in [2.05, 4.69) is 31.0 Å². The minimum absolute atomic E-state index is 0.0978. The lowest BCUT2D eigenvalue weighted by molar-refractivity contribution is 0.306. The Morgan fingerprint density at radius 2 is 1.88 bits per heavy atom. The van der Waals surface area contributed by atoms with Gasteiger partial charge >= 0.3 is 5.63 Å². The van der Waals surface area contributed by atoms with Gasteiger partial charge in [-0.2, -0.15) is 0 Å². The predicted molar refractivity (Wildman–Crippen MR) is 130 cm³/mol. The quantitative estimate of drug-likeness (QED) is 0.337. The van der Waals surface area contributed by atoms with Crippen molar-refractivity contribution in [3.8, 4) is 22.8 Å². The van der Waals surface area contributed by atoms with Gasteiger partial charge in [-0.15, -0.1) is 0 Å². The Balaban J connectivity index is 1.54. The molecule has 2 aromatic carbocycles. The summed E-state index contributed by atoms with van der Waals surface area (Å²) in [6, 6.07) is 18.6. The van der Waals surface area contributed by atoms with Gasteiger partial charge in [0.25, 0.3) is 0 Å². The van der Waals surface area contributed by atoms with Gasteiger partial charge in [0.05, 0.1) is 0 Å². The molecule has 2 heterocycles. The first-order valence-electron chi connectivity index (χ1n) is 10.7. The molecule has 0 aliphatic carbocycles. The average molecular weight is 460 g/mol. The average Bonchev–Trinajstić information content (AvgIpc) is 2.81. The largest absolute Gasteiger partial charge is 0.506 e. The summed E-state index contributed by atoms with van der Waals surface area (Å²) in [5, 5.41) is 10.6. The molecule has 0 unspecified atom stereocenters. The van der Waals surface area contributed by atoms with Gasteiger partial charge in [-0.25, -0.2) is 4.79 Å². The number of nitrogens with zero attached hydrogens (tertiary/aromatic N) is 1. The maximum atomic E-state index is 12.8. The van der Waals surface area contributed by atoms with Crippen LogP contribution in [0, 0.1) is 6.92 Å². The maximum Gasteiger partial charge on any atom is 0.354 e. The van der Waals surface area contributed by atoms with E-state index < -0.39 is 5.63 Å². The van der Waals surface area contributed by atoms with E-state index in [4.69, 9.17) is 9.15 Å². The summed E-state index contributed by atoms with van der Waals surface area (Å²) in [5.74, 6) is 1.18. The Morgan fingerprint density at radius 3 is 2.55 bits per heavy atom. The van der Waals surface area contributed by atoms with Crippen LogP contribution in [-0.4, -0.2) is 10.1 Å². The summed E-state index contributed by atoms with van der Waals surface area (Å²) in [4.78, 5) is 17.9. The second-order valence-electron chi connectivity index (χ2n) is 8.08. The molecule has 4 aromatic rings. The number of aryl methyl sites for hydroxylation is 1. The predicted octanol–water partition coefficient (Wildman–Crippen LogP) is 6.57. The molecule has 0 atom stereocenters. The third-order valence-electron chi connectivity index (χ3n) is 5.16. The summed E-state index contributed by atoms with van der Waals surface area (Å²) in [6.07, 6.45) is 3.47. The molecule has 4 rings (SSSR count). The Bertz CT molecular complexity index is 1300. The summed E-state index contributed by atoms with van der Waals surface area (Å²) in [5.41, 5.74) is 3.29. The fraction of sp³-hybridized carbons (Fsp3) is 0.185. The van der Waals surface area contributed by atoms with Crippen LogP contribution < -0.4 is 10.4 Å². The fourth-order valence-electron chi connectivity index (χ4n) is 3.39. The Morgan fingerprint density at radius 1 is 1.09 bits per heavy atom. The number of hydrogen-bond donors (Lipinski definition) is 1. The van der Waals surface area contributed by atoms with Crippen LogP contribution in [0.2, 0.25) is 0 Å². The van der Waals surface area contributed by atoms with Gasteiger partial charge in [0, 0.05) is 34.5 Å². The first-order valence-corrected chi connectivity index (χ1v) is 11.5. The van der Waals surface area contributed by atoms with Crippen molar-refractivity contribution < 1.29 is 14.3 Å². The standard InChI is InChI=1S/C27H25NO4S/c1-17(2)22-11-6-18(3)13-25(22)33-26-23(29)14-24(32-27(26)30)20-7-9-21(10-8-20)31-16-19-5-4-12-28-15-19/h4-15,17,29H,16H2,1-3H3. The summed E-state index contributed by atoms with van der Waals surface area (Å²) in [7, 11) is 0. The first-order chi connectivity index (χ1) is 15.9. The van der Waals surface area contributed by atoms with E-state index in [0.29, 0.717) is 29.6 Å². The van der Waals surface area contributed by atoms with Crippen LogP contribution in [0.25, 0.3) is 11.3 Å². The van der Waals surface area contributed by atoms with E-state index in [1.807, 2.05) is 25.1 Å². The molecule has 6 heteroatoms. The van der Waals surface area contributed by atoms with Gasteiger partial charge in [-0.05, 0) is 60.4 Å². The normalized spacial score (nSPS) is 11.0. The smallest absolute Gasteiger partial charge is 0.354 e. The Labute approximate surface area is 197 Å². The highest BCUT2D eigenvalue weighted by Crippen LogP contribution is 2.38. The lowest BCUT2D eigenvalue weighted by Crippen LogP contribution is -2.04. The van der Waals surface area contributed by atoms with Crippen molar-refractivity contribution in [2.24, 2.45) is 0 Å². The first kappa shape index (κ1) is 22.7. The zero-order chi connectivity index (χ0) is 23.4. The molecule has 0 amide bonds. The van der Waals surface area contributed by atoms with Crippen LogP contribution in [0.5, 0.6) is 11.5 Å². The third-order valence-corrected chi connectivity index (χ3v) is 6.31. The van der Waals surface area contributed by atoms with Gasteiger partial charge < -0.3 is 14.3 Å². The molecule has 0 bridgehead atoms. The molecule has 0 saturated carbocycles. The lowest BCUT2D eigenvalue weighted by Gasteiger charge is -2.13. The molecular weight excluding hydrogens is 434 g/mol. The number of benzene rings is 2. The van der Waals surface area contributed by atoms with E-state index in [1.165, 1.54) is 17.8 Å². The summed E-state index contributed by atoms with van der Waals surface area (Å²) < 4.78 is 11.3. The highest BCUT2D eigenvalue weighted by Gasteiger charge is 2.17. The minimum atomic E-state index is -0.567. The zero-order valence-corrected chi connectivity index (χ0v) is 19.6. The van der Waals surface area contributed by atoms with E-state index in [9.17, 15) is 9.90 Å². The highest BCUT2D eigenvalue weighted by molar-refractivity contribution is 7.99. The lowest BCUT2D eigenvalue weighted by atomic mass is 10.0. The molecular formula is C27H25NO4S. The van der Waals surface area contributed by atoms with Crippen molar-refractivity contribution in [2.75, 3.05) is 0 Å². The SMILES string of the molecule is Cc1ccc(C(C)C)c(Sc2c(O)cc(-c3ccc(OCc4cccnc4)cc3)oc2=O)c1. The number of rotatable bonds is 7. The second-order valence-corrected chi connectivity index (χ2v) is 9.14. The van der Waals surface area contributed by atoms with Crippen molar-refractivity contribution in [1.29, 1.82) is 0 Å². The molecule has 168 valence electrons. The van der Waals surface area contributed by atoms with Gasteiger partial charge in [0.2, 0.25) is 0 Å². The maximum absolute atomic E-state index is 12.8. The van der Waals surface area contributed by atoms with E-state index >= 15 is 0 Å². The number of hydrogen-bond acceptors (Lipinski definition) is 6. The molecule has 0 aliphatic rings. The van der Waals surface area contributed by atoms with Crippen molar-refractivity contribution >= 4 is 11.8 Å². The molecule has 0 aliphatic heterocycles. The van der Waals surface area contributed by atoms with Crippen molar-refractivity contribution in [3.63, 3.8) is 0 Å². The third kappa shape index (κ3) is 5.46. The van der Waals surface area contributed by atoms with Crippen LogP contribution in [0.4, 0.5) is 0 Å². The topological polar surface area (TPSA) is 72.6 Å². The van der Waals surface area contributed by atoms with Crippen molar-refractivity contribution in [1.82, 2.24) is 4.98 Å². The van der Waals surface area contributed by atoms with Crippen LogP contribution in [0.3, 0.4) is 0 Å². The van der Waals surface area contributed by atoms with Crippen LogP contribution in [0.1, 0.15) is 36.5 Å². The monoisotopic (exact) mass is 459 g/mol. The Kier molecular flexibility index (Phi) is 6.84. The van der Waals surface area contributed by atoms with Gasteiger partial charge in [-0.3, -0.25) is 4.98 Å². The van der Waals surface area contributed by atoms with E-state index in [-0.39, 0.29) is 10.6 Å². The highest BCUT2D eigenvalue weighted by atomic mass is 32.2. The minimum Gasteiger partial charge on any atom is -0.506 e. The van der Waals surface area contributed by atoms with E-state index in [0.717, 1.165) is 21.6 Å². The zero-order valence-electron chi connectivity index (χ0n) is 18.7. The summed E-state index contributed by atoms with van der Waals surface area (Å²) in [6.45, 7) is 6.62. The molecule has 0 fully saturated rings. The second kappa shape index (κ2) is 9.96. The van der Waals surface area contributed by atoms with Gasteiger partial charge in [-0.1, -0.05) is 43.8 Å². The van der Waals surface area contributed by atoms with E-state index in [1.54, 1.807) is 36.7 Å². The molecule has 5 nitrogen and oxygen atoms in total. The van der Waals surface area contributed by atoms with Crippen LogP contribution in [0.15, 0.2) is 92.1 Å². The van der Waals surface area contributed by atoms with Crippen molar-refractivity contribution in [3.05, 3.63) is 100 Å². The fourth-order valence-corrected chi connectivity index (χ4v) is 4.56. The molecule has 33 heavy (non-hydrogen) atoms. The van der Waals surface area contributed by atoms with Gasteiger partial charge in [0.15, 0.2) is 0 Å². The number of aromatic nitrogens is 1. The summed E-state index contributed by atoms with van der Waals surface area (Å²) >= 11 is 1.24. The molecule has 0 spiro atoms. The van der Waals surface area contributed by atoms with Gasteiger partial charge in [0.1, 0.15) is 28.8 Å². The molecule has 0 radical (unpaired) electrons. The molecule has 1 N–H and O–H groups in total. The number of pyridine rings is 1.